The molecule has 0 saturated heterocycles. The number of rotatable bonds is 5. The van der Waals surface area contributed by atoms with Gasteiger partial charge in [-0.3, -0.25) is 9.52 Å². The molecule has 7 nitrogen and oxygen atoms in total. The maximum absolute atomic E-state index is 11.0. The summed E-state index contributed by atoms with van der Waals surface area (Å²) in [5.74, 6) is -0.454. The molecule has 0 aliphatic carbocycles. The molecule has 17 heavy (non-hydrogen) atoms. The van der Waals surface area contributed by atoms with Crippen LogP contribution >= 0.6 is 11.3 Å². The molecule has 0 bridgehead atoms. The van der Waals surface area contributed by atoms with Gasteiger partial charge in [0.2, 0.25) is 0 Å². The number of carbonyl (C=O) groups excluding carboxylic acids is 1. The van der Waals surface area contributed by atoms with E-state index in [0.717, 1.165) is 11.3 Å². The van der Waals surface area contributed by atoms with Gasteiger partial charge in [0.1, 0.15) is 0 Å². The van der Waals surface area contributed by atoms with Gasteiger partial charge in [0.05, 0.1) is 18.7 Å². The van der Waals surface area contributed by atoms with E-state index in [4.69, 9.17) is 0 Å². The number of thiazole rings is 1. The van der Waals surface area contributed by atoms with Gasteiger partial charge in [-0.1, -0.05) is 0 Å². The van der Waals surface area contributed by atoms with Gasteiger partial charge in [-0.25, -0.2) is 13.4 Å². The van der Waals surface area contributed by atoms with Crippen molar-refractivity contribution >= 4 is 32.7 Å². The van der Waals surface area contributed by atoms with Crippen molar-refractivity contribution in [2.24, 2.45) is 0 Å². The average molecular weight is 288 g/mol. The Hall–Kier alpha value is -0.190. The Morgan fingerprint density at radius 3 is 2.82 bits per heavy atom. The number of ether oxygens (including phenoxy) is 1. The molecule has 0 radical (unpaired) electrons. The van der Waals surface area contributed by atoms with E-state index in [2.05, 4.69) is 9.72 Å². The van der Waals surface area contributed by atoms with Crippen molar-refractivity contribution in [2.75, 3.05) is 11.3 Å². The quantitative estimate of drug-likeness (QED) is 0.354. The largest absolute Gasteiger partial charge is 1.00 e. The zero-order valence-electron chi connectivity index (χ0n) is 9.30. The van der Waals surface area contributed by atoms with E-state index in [0.29, 0.717) is 5.69 Å². The first-order valence-electron chi connectivity index (χ1n) is 4.24. The first-order valence-corrected chi connectivity index (χ1v) is 6.53. The first-order chi connectivity index (χ1) is 7.40. The van der Waals surface area contributed by atoms with Crippen molar-refractivity contribution in [2.45, 2.75) is 13.3 Å². The maximum atomic E-state index is 11.0. The van der Waals surface area contributed by atoms with E-state index in [1.807, 2.05) is 0 Å². The van der Waals surface area contributed by atoms with Crippen LogP contribution in [0.5, 0.6) is 0 Å². The number of hydrogen-bond donors (Lipinski definition) is 1. The van der Waals surface area contributed by atoms with E-state index in [-0.39, 0.29) is 47.7 Å². The predicted octanol–water partition coefficient (Wildman–Crippen LogP) is -2.88. The Labute approximate surface area is 125 Å². The molecule has 1 aromatic rings. The minimum Gasteiger partial charge on any atom is -0.731 e. The van der Waals surface area contributed by atoms with Crippen molar-refractivity contribution in [3.05, 3.63) is 11.1 Å². The summed E-state index contributed by atoms with van der Waals surface area (Å²) in [4.78, 5) is 14.8. The zero-order chi connectivity index (χ0) is 12.2. The Balaban J connectivity index is 0.00000256. The molecule has 0 aliphatic heterocycles. The van der Waals surface area contributed by atoms with Crippen LogP contribution < -0.4 is 34.3 Å². The molecular weight excluding hydrogens is 279 g/mol. The number of nitrogens with zero attached hydrogens (tertiary/aromatic N) is 1. The second-order valence-corrected chi connectivity index (χ2v) is 4.65. The predicted molar refractivity (Wildman–Crippen MR) is 55.8 cm³/mol. The molecule has 90 valence electrons. The van der Waals surface area contributed by atoms with Gasteiger partial charge in [0.25, 0.3) is 0 Å². The Morgan fingerprint density at radius 2 is 2.29 bits per heavy atom. The molecular formula is C7H9N2NaO5S2. The smallest absolute Gasteiger partial charge is 0.731 e. The monoisotopic (exact) mass is 288 g/mol. The summed E-state index contributed by atoms with van der Waals surface area (Å²) in [6.45, 7) is 1.94. The van der Waals surface area contributed by atoms with Crippen molar-refractivity contribution in [1.29, 1.82) is 0 Å². The molecule has 0 unspecified atom stereocenters. The Bertz CT molecular complexity index is 472. The summed E-state index contributed by atoms with van der Waals surface area (Å²) in [5, 5.41) is 1.42. The third kappa shape index (κ3) is 6.96. The second kappa shape index (κ2) is 7.29. The van der Waals surface area contributed by atoms with Crippen LogP contribution in [-0.2, 0) is 26.3 Å². The van der Waals surface area contributed by atoms with E-state index >= 15 is 0 Å². The molecule has 0 saturated carbocycles. The van der Waals surface area contributed by atoms with Crippen molar-refractivity contribution < 1.29 is 52.1 Å². The minimum atomic E-state index is -4.57. The molecule has 0 amide bonds. The number of nitrogens with one attached hydrogen (secondary N) is 1. The van der Waals surface area contributed by atoms with Gasteiger partial charge in [-0.05, 0) is 6.92 Å². The normalized spacial score (nSPS) is 10.5. The molecule has 0 spiro atoms. The summed E-state index contributed by atoms with van der Waals surface area (Å²) in [6.07, 6.45) is -0.0507. The summed E-state index contributed by atoms with van der Waals surface area (Å²) in [7, 11) is -4.57. The SMILES string of the molecule is CCOC(=O)Cc1csc(NS(=O)(=O)[O-])n1.[Na+]. The molecule has 10 heteroatoms. The summed E-state index contributed by atoms with van der Waals surface area (Å²) in [5.41, 5.74) is 0.356. The molecule has 0 atom stereocenters. The van der Waals surface area contributed by atoms with Gasteiger partial charge in [-0.2, -0.15) is 0 Å². The maximum Gasteiger partial charge on any atom is 1.00 e. The third-order valence-corrected chi connectivity index (χ3v) is 2.77. The average Bonchev–Trinajstić information content (AvgIpc) is 2.49. The fourth-order valence-electron chi connectivity index (χ4n) is 0.902. The summed E-state index contributed by atoms with van der Waals surface area (Å²) >= 11 is 0.927. The zero-order valence-corrected chi connectivity index (χ0v) is 12.9. The molecule has 1 rings (SSSR count). The summed E-state index contributed by atoms with van der Waals surface area (Å²) < 4.78 is 37.4. The van der Waals surface area contributed by atoms with Crippen LogP contribution in [0.15, 0.2) is 5.38 Å². The molecule has 1 N–H and O–H groups in total. The number of anilines is 1. The fourth-order valence-corrected chi connectivity index (χ4v) is 2.21. The standard InChI is InChI=1S/C7H10N2O5S2.Na/c1-2-14-6(10)3-5-4-15-7(8-5)9-16(11,12)13;/h4H,2-3H2,1H3,(H,8,9)(H,11,12,13);/q;+1/p-1. The van der Waals surface area contributed by atoms with E-state index < -0.39 is 16.3 Å². The van der Waals surface area contributed by atoms with Gasteiger partial charge in [0, 0.05) is 5.38 Å². The third-order valence-electron chi connectivity index (χ3n) is 1.39. The molecule has 0 fully saturated rings. The topological polar surface area (TPSA) is 108 Å². The van der Waals surface area contributed by atoms with Crippen molar-refractivity contribution in [3.63, 3.8) is 0 Å². The number of hydrogen-bond acceptors (Lipinski definition) is 7. The first kappa shape index (κ1) is 16.8. The van der Waals surface area contributed by atoms with Crippen molar-refractivity contribution in [1.82, 2.24) is 4.98 Å². The fraction of sp³-hybridized carbons (Fsp3) is 0.429. The molecule has 0 aliphatic rings. The van der Waals surface area contributed by atoms with Crippen LogP contribution in [0.1, 0.15) is 12.6 Å². The van der Waals surface area contributed by atoms with Crippen LogP contribution in [-0.4, -0.2) is 30.5 Å². The number of carbonyl (C=O) groups is 1. The van der Waals surface area contributed by atoms with Crippen LogP contribution in [0.25, 0.3) is 0 Å². The van der Waals surface area contributed by atoms with Crippen LogP contribution in [0.3, 0.4) is 0 Å². The number of aromatic nitrogens is 1. The van der Waals surface area contributed by atoms with Gasteiger partial charge < -0.3 is 9.29 Å². The van der Waals surface area contributed by atoms with E-state index in [9.17, 15) is 17.8 Å². The van der Waals surface area contributed by atoms with E-state index in [1.165, 1.54) is 5.38 Å². The van der Waals surface area contributed by atoms with E-state index in [1.54, 1.807) is 11.6 Å². The van der Waals surface area contributed by atoms with Crippen LogP contribution in [0, 0.1) is 0 Å². The van der Waals surface area contributed by atoms with Crippen molar-refractivity contribution in [3.8, 4) is 0 Å². The van der Waals surface area contributed by atoms with Crippen LogP contribution in [0.4, 0.5) is 5.13 Å². The summed E-state index contributed by atoms with van der Waals surface area (Å²) in [6, 6.07) is 0. The Kier molecular flexibility index (Phi) is 7.21. The minimum absolute atomic E-state index is 0. The molecule has 0 aromatic carbocycles. The molecule has 1 heterocycles. The number of esters is 1. The molecule has 1 aromatic heterocycles. The van der Waals surface area contributed by atoms with Gasteiger partial charge in [-0.15, -0.1) is 11.3 Å². The Morgan fingerprint density at radius 1 is 1.65 bits per heavy atom. The van der Waals surface area contributed by atoms with Gasteiger partial charge >= 0.3 is 35.5 Å². The van der Waals surface area contributed by atoms with Crippen LogP contribution in [0.2, 0.25) is 0 Å². The second-order valence-electron chi connectivity index (χ2n) is 2.68. The van der Waals surface area contributed by atoms with Gasteiger partial charge in [0.15, 0.2) is 15.4 Å².